The predicted molar refractivity (Wildman–Crippen MR) is 91.4 cm³/mol. The third-order valence-electron chi connectivity index (χ3n) is 3.81. The van der Waals surface area contributed by atoms with Crippen LogP contribution in [0.3, 0.4) is 0 Å². The Morgan fingerprint density at radius 3 is 2.75 bits per heavy atom. The molecule has 2 aliphatic rings. The molecular formula is C16H15ClN2O4S. The summed E-state index contributed by atoms with van der Waals surface area (Å²) in [5, 5.41) is 7.25. The van der Waals surface area contributed by atoms with E-state index in [4.69, 9.17) is 26.5 Å². The molecule has 0 aliphatic carbocycles. The summed E-state index contributed by atoms with van der Waals surface area (Å²) in [4.78, 5) is 25.7. The minimum Gasteiger partial charge on any atom is -0.497 e. The zero-order valence-corrected chi connectivity index (χ0v) is 14.4. The van der Waals surface area contributed by atoms with Crippen molar-refractivity contribution in [1.82, 2.24) is 4.90 Å². The number of ether oxygens (including phenoxy) is 2. The van der Waals surface area contributed by atoms with Crippen LogP contribution in [0.4, 0.5) is 0 Å². The van der Waals surface area contributed by atoms with Crippen molar-refractivity contribution in [2.24, 2.45) is 0 Å². The van der Waals surface area contributed by atoms with Gasteiger partial charge in [0.25, 0.3) is 5.91 Å². The van der Waals surface area contributed by atoms with Gasteiger partial charge in [-0.1, -0.05) is 12.1 Å². The number of β-lactam (4-membered cyclic amide) rings is 1. The summed E-state index contributed by atoms with van der Waals surface area (Å²) in [6, 6.07) is 7.15. The van der Waals surface area contributed by atoms with E-state index in [1.807, 2.05) is 0 Å². The molecule has 0 spiro atoms. The summed E-state index contributed by atoms with van der Waals surface area (Å²) in [5.74, 6) is 0.310. The molecule has 6 nitrogen and oxygen atoms in total. The molecule has 8 heteroatoms. The van der Waals surface area contributed by atoms with Gasteiger partial charge in [0.2, 0.25) is 0 Å². The highest BCUT2D eigenvalue weighted by Gasteiger charge is 2.50. The number of hydrogen-bond donors (Lipinski definition) is 1. The topological polar surface area (TPSA) is 79.7 Å². The number of rotatable bonds is 5. The van der Waals surface area contributed by atoms with Crippen LogP contribution in [0.25, 0.3) is 0 Å². The van der Waals surface area contributed by atoms with E-state index in [-0.39, 0.29) is 23.9 Å². The van der Waals surface area contributed by atoms with E-state index >= 15 is 0 Å². The maximum Gasteiger partial charge on any atom is 0.355 e. The second-order valence-corrected chi connectivity index (χ2v) is 6.60. The highest BCUT2D eigenvalue weighted by atomic mass is 35.5. The third kappa shape index (κ3) is 2.89. The minimum absolute atomic E-state index is 0.00840. The van der Waals surface area contributed by atoms with Crippen molar-refractivity contribution in [2.75, 3.05) is 18.7 Å². The number of hydrogen-bond acceptors (Lipinski definition) is 6. The first-order valence-corrected chi connectivity index (χ1v) is 8.76. The molecule has 1 saturated heterocycles. The summed E-state index contributed by atoms with van der Waals surface area (Å²) >= 11 is 7.32. The third-order valence-corrected chi connectivity index (χ3v) is 5.41. The molecule has 1 aromatic rings. The number of carbonyl (C=O) groups is 2. The quantitative estimate of drug-likeness (QED) is 0.491. The zero-order chi connectivity index (χ0) is 17.3. The fourth-order valence-corrected chi connectivity index (χ4v) is 4.03. The van der Waals surface area contributed by atoms with Gasteiger partial charge >= 0.3 is 5.97 Å². The summed E-state index contributed by atoms with van der Waals surface area (Å²) in [6.45, 7) is 0.0825. The highest BCUT2D eigenvalue weighted by Crippen LogP contribution is 2.38. The molecule has 1 atom stereocenters. The van der Waals surface area contributed by atoms with Crippen LogP contribution >= 0.6 is 23.4 Å². The summed E-state index contributed by atoms with van der Waals surface area (Å²) in [5.41, 5.74) is 1.65. The fraction of sp³-hybridized carbons (Fsp3) is 0.312. The lowest BCUT2D eigenvalue weighted by atomic mass is 10.1. The second-order valence-electron chi connectivity index (χ2n) is 5.26. The van der Waals surface area contributed by atoms with Crippen LogP contribution in [0, 0.1) is 5.41 Å². The lowest BCUT2D eigenvalue weighted by Crippen LogP contribution is -2.62. The number of thioether (sulfide) groups is 1. The van der Waals surface area contributed by atoms with Crippen molar-refractivity contribution in [3.05, 3.63) is 41.1 Å². The fourth-order valence-electron chi connectivity index (χ4n) is 2.48. The molecule has 3 rings (SSSR count). The molecule has 0 bridgehead atoms. The number of amides is 1. The smallest absolute Gasteiger partial charge is 0.355 e. The molecule has 24 heavy (non-hydrogen) atoms. The number of alkyl halides is 1. The predicted octanol–water partition coefficient (Wildman–Crippen LogP) is 2.17. The first-order chi connectivity index (χ1) is 11.6. The van der Waals surface area contributed by atoms with Crippen molar-refractivity contribution in [3.8, 4) is 5.75 Å². The van der Waals surface area contributed by atoms with Crippen molar-refractivity contribution in [2.45, 2.75) is 12.0 Å². The minimum atomic E-state index is -0.590. The van der Waals surface area contributed by atoms with Crippen LogP contribution in [0.2, 0.25) is 0 Å². The molecule has 126 valence electrons. The summed E-state index contributed by atoms with van der Waals surface area (Å²) in [7, 11) is 1.58. The normalized spacial score (nSPS) is 19.8. The first-order valence-electron chi connectivity index (χ1n) is 7.18. The van der Waals surface area contributed by atoms with Crippen molar-refractivity contribution in [1.29, 1.82) is 5.41 Å². The van der Waals surface area contributed by atoms with E-state index in [2.05, 4.69) is 0 Å². The zero-order valence-electron chi connectivity index (χ0n) is 12.9. The SMILES string of the molecule is COc1ccc(COC(=O)C2=C(CCl)CS[C@@H]3C(=N)C(=O)N23)cc1. The lowest BCUT2D eigenvalue weighted by molar-refractivity contribution is -0.145. The molecule has 1 amide bonds. The van der Waals surface area contributed by atoms with E-state index in [0.717, 1.165) is 5.56 Å². The van der Waals surface area contributed by atoms with Gasteiger partial charge in [-0.15, -0.1) is 23.4 Å². The van der Waals surface area contributed by atoms with Gasteiger partial charge in [-0.05, 0) is 23.3 Å². The number of carbonyl (C=O) groups excluding carboxylic acids is 2. The summed E-state index contributed by atoms with van der Waals surface area (Å²) in [6.07, 6.45) is 0. The van der Waals surface area contributed by atoms with Gasteiger partial charge in [-0.2, -0.15) is 0 Å². The molecule has 2 heterocycles. The maximum absolute atomic E-state index is 12.5. The van der Waals surface area contributed by atoms with Crippen LogP contribution in [0.15, 0.2) is 35.5 Å². The Labute approximate surface area is 148 Å². The Hall–Kier alpha value is -1.99. The van der Waals surface area contributed by atoms with Gasteiger partial charge in [-0.3, -0.25) is 15.1 Å². The summed E-state index contributed by atoms with van der Waals surface area (Å²) < 4.78 is 10.4. The van der Waals surface area contributed by atoms with E-state index in [1.54, 1.807) is 31.4 Å². The maximum atomic E-state index is 12.5. The van der Waals surface area contributed by atoms with E-state index < -0.39 is 17.3 Å². The van der Waals surface area contributed by atoms with Crippen LogP contribution < -0.4 is 4.74 Å². The Morgan fingerprint density at radius 2 is 2.12 bits per heavy atom. The number of nitrogens with one attached hydrogen (secondary N) is 1. The van der Waals surface area contributed by atoms with Gasteiger partial charge in [0, 0.05) is 11.6 Å². The number of esters is 1. The molecule has 2 aliphatic heterocycles. The van der Waals surface area contributed by atoms with Gasteiger partial charge in [0.1, 0.15) is 29.1 Å². The molecule has 1 N–H and O–H groups in total. The van der Waals surface area contributed by atoms with Crippen molar-refractivity contribution >= 4 is 41.0 Å². The van der Waals surface area contributed by atoms with E-state index in [1.165, 1.54) is 16.7 Å². The van der Waals surface area contributed by atoms with Crippen LogP contribution in [0.1, 0.15) is 5.56 Å². The molecule has 1 aromatic carbocycles. The number of nitrogens with zero attached hydrogens (tertiary/aromatic N) is 1. The van der Waals surface area contributed by atoms with Gasteiger partial charge in [-0.25, -0.2) is 4.79 Å². The first kappa shape index (κ1) is 16.9. The van der Waals surface area contributed by atoms with E-state index in [9.17, 15) is 9.59 Å². The number of methoxy groups -OCH3 is 1. The monoisotopic (exact) mass is 366 g/mol. The average molecular weight is 367 g/mol. The van der Waals surface area contributed by atoms with Crippen molar-refractivity contribution in [3.63, 3.8) is 0 Å². The Morgan fingerprint density at radius 1 is 1.42 bits per heavy atom. The van der Waals surface area contributed by atoms with E-state index in [0.29, 0.717) is 17.1 Å². The van der Waals surface area contributed by atoms with Crippen LogP contribution in [-0.2, 0) is 20.9 Å². The lowest BCUT2D eigenvalue weighted by Gasteiger charge is -2.44. The molecule has 1 fully saturated rings. The van der Waals surface area contributed by atoms with Crippen molar-refractivity contribution < 1.29 is 19.1 Å². The molecule has 0 unspecified atom stereocenters. The van der Waals surface area contributed by atoms with Gasteiger partial charge < -0.3 is 9.47 Å². The highest BCUT2D eigenvalue weighted by molar-refractivity contribution is 8.01. The Kier molecular flexibility index (Phi) is 4.82. The van der Waals surface area contributed by atoms with Gasteiger partial charge in [0.15, 0.2) is 0 Å². The Balaban J connectivity index is 1.73. The van der Waals surface area contributed by atoms with Crippen LogP contribution in [0.5, 0.6) is 5.75 Å². The number of benzene rings is 1. The second kappa shape index (κ2) is 6.86. The average Bonchev–Trinajstić information content (AvgIpc) is 2.64. The molecule has 0 saturated carbocycles. The molecule has 0 aromatic heterocycles. The Bertz CT molecular complexity index is 732. The van der Waals surface area contributed by atoms with Crippen LogP contribution in [-0.4, -0.2) is 46.6 Å². The largest absolute Gasteiger partial charge is 0.497 e. The number of fused-ring (bicyclic) bond motifs is 1. The van der Waals surface area contributed by atoms with Gasteiger partial charge in [0.05, 0.1) is 7.11 Å². The number of halogens is 1. The molecule has 0 radical (unpaired) electrons. The standard InChI is InChI=1S/C16H15ClN2O4S/c1-22-11-4-2-9(3-5-11)7-23-16(21)13-10(6-17)8-24-15-12(18)14(20)19(13)15/h2-5,15,18H,6-8H2,1H3/t15-/m1/s1. The molecular weight excluding hydrogens is 352 g/mol.